The maximum Gasteiger partial charge on any atom is 0.305 e. The molecule has 1 N–H and O–H groups in total. The van der Waals surface area contributed by atoms with Crippen molar-refractivity contribution in [2.45, 2.75) is 19.4 Å². The molecule has 22 heavy (non-hydrogen) atoms. The number of aryl methyl sites for hydroxylation is 1. The number of hydrogen-bond acceptors (Lipinski definition) is 2. The zero-order valence-electron chi connectivity index (χ0n) is 12.1. The number of carbonyl (C=O) groups excluding carboxylic acids is 1. The van der Waals surface area contributed by atoms with Gasteiger partial charge in [-0.1, -0.05) is 15.9 Å². The maximum atomic E-state index is 11.1. The first kappa shape index (κ1) is 17.0. The fraction of sp³-hybridized carbons (Fsp3) is 0.250. The molecule has 0 atom stereocenters. The van der Waals surface area contributed by atoms with Crippen molar-refractivity contribution in [3.63, 3.8) is 0 Å². The molecule has 0 saturated carbocycles. The number of nitrogens with zero attached hydrogens (tertiary/aromatic N) is 1. The fourth-order valence-electron chi connectivity index (χ4n) is 2.51. The fourth-order valence-corrected chi connectivity index (χ4v) is 2.87. The Bertz CT molecular complexity index is 814. The summed E-state index contributed by atoms with van der Waals surface area (Å²) in [4.78, 5) is 14.5. The van der Waals surface area contributed by atoms with Gasteiger partial charge in [-0.2, -0.15) is 0 Å². The third kappa shape index (κ3) is 3.50. The number of methoxy groups -OCH3 is 1. The van der Waals surface area contributed by atoms with Crippen LogP contribution in [0.15, 0.2) is 41.1 Å². The minimum absolute atomic E-state index is 0. The standard InChI is InChI=1S/C16H15BrN2O2.BrH/c1-21-16(20)3-2-7-19-8-6-12-13-9-11(17)4-5-14(13)18-15(12)10-19;/h4-6,8-10H,2-3,7H2,1H3;1H. The Kier molecular flexibility index (Phi) is 5.58. The molecule has 6 heteroatoms. The number of fused-ring (bicyclic) bond motifs is 3. The van der Waals surface area contributed by atoms with Gasteiger partial charge in [0.05, 0.1) is 13.5 Å². The summed E-state index contributed by atoms with van der Waals surface area (Å²) >= 11 is 3.51. The number of halogens is 2. The number of carbonyl (C=O) groups is 1. The van der Waals surface area contributed by atoms with Crippen molar-refractivity contribution >= 4 is 43.7 Å². The minimum Gasteiger partial charge on any atom is -1.00 e. The molecule has 0 aliphatic rings. The highest BCUT2D eigenvalue weighted by Crippen LogP contribution is 2.26. The molecule has 2 heterocycles. The molecular formula is C16H16Br2N2O2. The average molecular weight is 428 g/mol. The highest BCUT2D eigenvalue weighted by molar-refractivity contribution is 9.10. The first-order valence-electron chi connectivity index (χ1n) is 6.84. The Labute approximate surface area is 147 Å². The lowest BCUT2D eigenvalue weighted by Crippen LogP contribution is -3.00. The molecule has 0 fully saturated rings. The van der Waals surface area contributed by atoms with Crippen LogP contribution in [0.2, 0.25) is 0 Å². The Hall–Kier alpha value is -1.40. The molecule has 0 aliphatic heterocycles. The Morgan fingerprint density at radius 1 is 1.27 bits per heavy atom. The zero-order chi connectivity index (χ0) is 14.8. The molecule has 3 rings (SSSR count). The Morgan fingerprint density at radius 2 is 2.09 bits per heavy atom. The molecule has 0 aliphatic carbocycles. The zero-order valence-corrected chi connectivity index (χ0v) is 15.3. The quantitative estimate of drug-likeness (QED) is 0.481. The summed E-state index contributed by atoms with van der Waals surface area (Å²) in [6.45, 7) is 0.796. The van der Waals surface area contributed by atoms with Crippen LogP contribution in [0.1, 0.15) is 12.8 Å². The van der Waals surface area contributed by atoms with E-state index in [4.69, 9.17) is 0 Å². The van der Waals surface area contributed by atoms with E-state index in [-0.39, 0.29) is 23.0 Å². The van der Waals surface area contributed by atoms with Crippen LogP contribution < -0.4 is 21.5 Å². The second-order valence-electron chi connectivity index (χ2n) is 5.00. The summed E-state index contributed by atoms with van der Waals surface area (Å²) < 4.78 is 7.82. The number of rotatable bonds is 4. The lowest BCUT2D eigenvalue weighted by molar-refractivity contribution is -0.696. The van der Waals surface area contributed by atoms with Crippen LogP contribution >= 0.6 is 15.9 Å². The highest BCUT2D eigenvalue weighted by Gasteiger charge is 2.10. The van der Waals surface area contributed by atoms with Crippen molar-refractivity contribution < 1.29 is 31.1 Å². The third-order valence-electron chi connectivity index (χ3n) is 3.58. The lowest BCUT2D eigenvalue weighted by Gasteiger charge is -1.98. The van der Waals surface area contributed by atoms with Crippen molar-refractivity contribution in [2.24, 2.45) is 0 Å². The van der Waals surface area contributed by atoms with Crippen LogP contribution in [0.4, 0.5) is 0 Å². The van der Waals surface area contributed by atoms with E-state index in [9.17, 15) is 4.79 Å². The molecule has 116 valence electrons. The van der Waals surface area contributed by atoms with Gasteiger partial charge >= 0.3 is 5.97 Å². The van der Waals surface area contributed by atoms with E-state index in [1.165, 1.54) is 17.9 Å². The largest absolute Gasteiger partial charge is 1.00 e. The molecule has 0 saturated heterocycles. The van der Waals surface area contributed by atoms with Crippen molar-refractivity contribution in [1.29, 1.82) is 0 Å². The van der Waals surface area contributed by atoms with Gasteiger partial charge in [0.2, 0.25) is 0 Å². The number of hydrogen-bond donors (Lipinski definition) is 1. The third-order valence-corrected chi connectivity index (χ3v) is 4.08. The number of aromatic amines is 1. The Balaban J connectivity index is 0.00000176. The number of nitrogens with one attached hydrogen (secondary N) is 1. The molecule has 3 aromatic rings. The van der Waals surface area contributed by atoms with Gasteiger partial charge in [-0.3, -0.25) is 4.79 Å². The minimum atomic E-state index is -0.160. The summed E-state index contributed by atoms with van der Waals surface area (Å²) in [6, 6.07) is 8.33. The van der Waals surface area contributed by atoms with Crippen LogP contribution in [0.5, 0.6) is 0 Å². The van der Waals surface area contributed by atoms with E-state index in [0.29, 0.717) is 6.42 Å². The molecule has 0 amide bonds. The molecule has 0 radical (unpaired) electrons. The van der Waals surface area contributed by atoms with Crippen LogP contribution in [0.25, 0.3) is 21.8 Å². The van der Waals surface area contributed by atoms with Crippen LogP contribution in [0.3, 0.4) is 0 Å². The highest BCUT2D eigenvalue weighted by atomic mass is 79.9. The molecule has 0 spiro atoms. The average Bonchev–Trinajstić information content (AvgIpc) is 2.84. The molecule has 1 aromatic carbocycles. The second-order valence-corrected chi connectivity index (χ2v) is 5.92. The summed E-state index contributed by atoms with van der Waals surface area (Å²) in [6.07, 6.45) is 5.35. The van der Waals surface area contributed by atoms with Crippen LogP contribution in [-0.2, 0) is 16.1 Å². The van der Waals surface area contributed by atoms with E-state index in [1.54, 1.807) is 0 Å². The lowest BCUT2D eigenvalue weighted by atomic mass is 10.2. The van der Waals surface area contributed by atoms with Gasteiger partial charge in [0, 0.05) is 33.2 Å². The number of H-pyrrole nitrogens is 1. The van der Waals surface area contributed by atoms with E-state index < -0.39 is 0 Å². The molecule has 2 aromatic heterocycles. The first-order chi connectivity index (χ1) is 10.2. The molecule has 4 nitrogen and oxygen atoms in total. The monoisotopic (exact) mass is 426 g/mol. The van der Waals surface area contributed by atoms with E-state index in [1.807, 2.05) is 12.3 Å². The maximum absolute atomic E-state index is 11.1. The van der Waals surface area contributed by atoms with Gasteiger partial charge in [-0.05, 0) is 18.2 Å². The number of benzene rings is 1. The van der Waals surface area contributed by atoms with Crippen LogP contribution in [-0.4, -0.2) is 18.1 Å². The predicted octanol–water partition coefficient (Wildman–Crippen LogP) is 0.328. The van der Waals surface area contributed by atoms with Gasteiger partial charge < -0.3 is 26.7 Å². The topological polar surface area (TPSA) is 46.0 Å². The summed E-state index contributed by atoms with van der Waals surface area (Å²) in [5, 5.41) is 2.41. The number of ether oxygens (including phenoxy) is 1. The van der Waals surface area contributed by atoms with E-state index >= 15 is 0 Å². The Morgan fingerprint density at radius 3 is 2.86 bits per heavy atom. The van der Waals surface area contributed by atoms with Crippen molar-refractivity contribution in [3.05, 3.63) is 41.1 Å². The summed E-state index contributed by atoms with van der Waals surface area (Å²) in [7, 11) is 1.42. The number of pyridine rings is 1. The smallest absolute Gasteiger partial charge is 0.305 e. The summed E-state index contributed by atoms with van der Waals surface area (Å²) in [5.74, 6) is -0.160. The van der Waals surface area contributed by atoms with Crippen molar-refractivity contribution in [3.8, 4) is 0 Å². The van der Waals surface area contributed by atoms with Gasteiger partial charge in [0.15, 0.2) is 12.4 Å². The normalized spacial score (nSPS) is 10.6. The van der Waals surface area contributed by atoms with E-state index in [2.05, 4.69) is 54.6 Å². The van der Waals surface area contributed by atoms with Gasteiger partial charge in [0.25, 0.3) is 0 Å². The van der Waals surface area contributed by atoms with Crippen molar-refractivity contribution in [1.82, 2.24) is 4.98 Å². The van der Waals surface area contributed by atoms with Crippen LogP contribution in [0, 0.1) is 0 Å². The summed E-state index contributed by atoms with van der Waals surface area (Å²) in [5.41, 5.74) is 2.23. The number of aromatic nitrogens is 2. The van der Waals surface area contributed by atoms with Gasteiger partial charge in [0.1, 0.15) is 12.1 Å². The number of esters is 1. The molecular weight excluding hydrogens is 412 g/mol. The molecule has 0 unspecified atom stereocenters. The van der Waals surface area contributed by atoms with Crippen molar-refractivity contribution in [2.75, 3.05) is 7.11 Å². The van der Waals surface area contributed by atoms with Gasteiger partial charge in [-0.15, -0.1) is 0 Å². The predicted molar refractivity (Wildman–Crippen MR) is 84.9 cm³/mol. The second kappa shape index (κ2) is 7.24. The SMILES string of the molecule is COC(=O)CCC[n+]1ccc2c(c1)[nH]c1ccc(Br)cc12.[Br-]. The van der Waals surface area contributed by atoms with E-state index in [0.717, 1.165) is 28.5 Å². The van der Waals surface area contributed by atoms with Gasteiger partial charge in [-0.25, -0.2) is 4.57 Å². The first-order valence-corrected chi connectivity index (χ1v) is 7.63. The molecule has 0 bridgehead atoms.